The first kappa shape index (κ1) is 28.2. The van der Waals surface area contributed by atoms with E-state index in [9.17, 15) is 29.4 Å². The number of nitrogens with zero attached hydrogens (tertiary/aromatic N) is 1. The molecule has 3 heterocycles. The number of nitrogens with two attached hydrogens (primary N) is 1. The molecule has 1 saturated heterocycles. The van der Waals surface area contributed by atoms with Crippen molar-refractivity contribution in [2.45, 2.75) is 62.4 Å². The van der Waals surface area contributed by atoms with Crippen molar-refractivity contribution in [1.29, 1.82) is 0 Å². The molecule has 0 spiro atoms. The molecule has 14 nitrogen and oxygen atoms in total. The summed E-state index contributed by atoms with van der Waals surface area (Å²) in [6, 6.07) is 9.94. The second-order valence-corrected chi connectivity index (χ2v) is 9.12. The molecule has 2 aromatic rings. The third kappa shape index (κ3) is 6.10. The fourth-order valence-electron chi connectivity index (χ4n) is 4.45. The first-order valence-electron chi connectivity index (χ1n) is 12.1. The maximum Gasteiger partial charge on any atom is 0.330 e. The van der Waals surface area contributed by atoms with E-state index in [1.54, 1.807) is 6.92 Å². The van der Waals surface area contributed by atoms with E-state index in [-0.39, 0.29) is 18.2 Å². The summed E-state index contributed by atoms with van der Waals surface area (Å²) in [6.45, 7) is 1.79. The molecule has 0 radical (unpaired) electrons. The molecule has 1 aromatic heterocycles. The third-order valence-electron chi connectivity index (χ3n) is 6.48. The molecule has 2 amide bonds. The maximum atomic E-state index is 12.8. The second-order valence-electron chi connectivity index (χ2n) is 9.12. The molecular weight excluding hydrogens is 516 g/mol. The largest absolute Gasteiger partial charge is 0.457 e. The molecule has 4 rings (SSSR count). The molecule has 1 aromatic carbocycles. The number of aromatic nitrogens is 2. The Bertz CT molecular complexity index is 1330. The zero-order valence-corrected chi connectivity index (χ0v) is 21.1. The van der Waals surface area contributed by atoms with E-state index in [4.69, 9.17) is 24.7 Å². The molecule has 2 aliphatic heterocycles. The van der Waals surface area contributed by atoms with Gasteiger partial charge in [0.15, 0.2) is 18.1 Å². The number of H-pyrrole nitrogens is 1. The maximum absolute atomic E-state index is 12.8. The van der Waals surface area contributed by atoms with Crippen LogP contribution in [0.3, 0.4) is 0 Å². The number of benzene rings is 1. The van der Waals surface area contributed by atoms with Crippen LogP contribution < -0.4 is 22.3 Å². The third-order valence-corrected chi connectivity index (χ3v) is 6.48. The summed E-state index contributed by atoms with van der Waals surface area (Å²) in [5, 5.41) is 24.1. The van der Waals surface area contributed by atoms with Crippen molar-refractivity contribution in [3.8, 4) is 0 Å². The average Bonchev–Trinajstić information content (AvgIpc) is 3.23. The number of hydrogen-bond acceptors (Lipinski definition) is 10. The van der Waals surface area contributed by atoms with Crippen LogP contribution in [0.4, 0.5) is 0 Å². The number of methoxy groups -OCH3 is 1. The Morgan fingerprint density at radius 3 is 2.56 bits per heavy atom. The number of aliphatic hydroxyl groups is 2. The van der Waals surface area contributed by atoms with E-state index in [1.807, 2.05) is 35.3 Å². The highest BCUT2D eigenvalue weighted by Crippen LogP contribution is 2.34. The summed E-state index contributed by atoms with van der Waals surface area (Å²) in [6.07, 6.45) is -7.37. The Hall–Kier alpha value is -3.82. The minimum Gasteiger partial charge on any atom is -0.457 e. The summed E-state index contributed by atoms with van der Waals surface area (Å²) < 4.78 is 23.3. The van der Waals surface area contributed by atoms with Gasteiger partial charge in [-0.15, -0.1) is 0 Å². The Morgan fingerprint density at radius 2 is 1.92 bits per heavy atom. The van der Waals surface area contributed by atoms with Crippen LogP contribution in [0.1, 0.15) is 31.2 Å². The molecule has 210 valence electrons. The van der Waals surface area contributed by atoms with Crippen molar-refractivity contribution >= 4 is 11.8 Å². The van der Waals surface area contributed by atoms with Crippen LogP contribution in [0.2, 0.25) is 0 Å². The molecule has 2 aliphatic rings. The normalized spacial score (nSPS) is 28.2. The van der Waals surface area contributed by atoms with Crippen molar-refractivity contribution in [2.24, 2.45) is 5.73 Å². The van der Waals surface area contributed by atoms with E-state index in [0.717, 1.165) is 22.4 Å². The molecule has 6 N–H and O–H groups in total. The van der Waals surface area contributed by atoms with Gasteiger partial charge in [-0.3, -0.25) is 23.9 Å². The van der Waals surface area contributed by atoms with Crippen LogP contribution in [0.15, 0.2) is 64.0 Å². The summed E-state index contributed by atoms with van der Waals surface area (Å²) in [7, 11) is 1.24. The van der Waals surface area contributed by atoms with E-state index in [2.05, 4.69) is 5.32 Å². The lowest BCUT2D eigenvalue weighted by atomic mass is 10.0. The highest BCUT2D eigenvalue weighted by molar-refractivity contribution is 5.91. The molecule has 1 fully saturated rings. The summed E-state index contributed by atoms with van der Waals surface area (Å²) >= 11 is 0. The summed E-state index contributed by atoms with van der Waals surface area (Å²) in [4.78, 5) is 51.0. The fraction of sp³-hybridized carbons (Fsp3) is 0.440. The van der Waals surface area contributed by atoms with Gasteiger partial charge in [0, 0.05) is 25.8 Å². The number of carbonyl (C=O) groups is 2. The van der Waals surface area contributed by atoms with Gasteiger partial charge in [-0.1, -0.05) is 30.3 Å². The number of hydrogen-bond donors (Lipinski definition) is 5. The first-order valence-corrected chi connectivity index (χ1v) is 12.1. The van der Waals surface area contributed by atoms with Gasteiger partial charge in [-0.05, 0) is 18.6 Å². The van der Waals surface area contributed by atoms with E-state index in [0.29, 0.717) is 0 Å². The Labute approximate surface area is 221 Å². The van der Waals surface area contributed by atoms with Gasteiger partial charge in [0.2, 0.25) is 12.2 Å². The number of aromatic amines is 1. The van der Waals surface area contributed by atoms with Crippen molar-refractivity contribution < 1.29 is 38.7 Å². The van der Waals surface area contributed by atoms with Crippen LogP contribution in [0.25, 0.3) is 0 Å². The first-order chi connectivity index (χ1) is 18.6. The number of rotatable bonds is 9. The topological polar surface area (TPSA) is 204 Å². The van der Waals surface area contributed by atoms with Crippen LogP contribution >= 0.6 is 0 Å². The van der Waals surface area contributed by atoms with Crippen LogP contribution in [0, 0.1) is 0 Å². The van der Waals surface area contributed by atoms with Gasteiger partial charge in [0.1, 0.15) is 24.4 Å². The Balaban J connectivity index is 1.49. The van der Waals surface area contributed by atoms with Crippen molar-refractivity contribution in [3.05, 3.63) is 80.8 Å². The molecule has 0 saturated carbocycles. The predicted molar refractivity (Wildman–Crippen MR) is 133 cm³/mol. The zero-order valence-electron chi connectivity index (χ0n) is 21.1. The van der Waals surface area contributed by atoms with E-state index < -0.39 is 66.1 Å². The molecule has 0 unspecified atom stereocenters. The Morgan fingerprint density at radius 1 is 1.21 bits per heavy atom. The van der Waals surface area contributed by atoms with Crippen LogP contribution in [0.5, 0.6) is 0 Å². The van der Waals surface area contributed by atoms with Crippen LogP contribution in [-0.4, -0.2) is 75.5 Å². The van der Waals surface area contributed by atoms with Gasteiger partial charge >= 0.3 is 5.69 Å². The lowest BCUT2D eigenvalue weighted by Crippen LogP contribution is -2.52. The number of primary amides is 1. The highest BCUT2D eigenvalue weighted by Gasteiger charge is 2.52. The fourth-order valence-corrected chi connectivity index (χ4v) is 4.45. The molecular formula is C25H30N4O10. The van der Waals surface area contributed by atoms with Gasteiger partial charge in [0.25, 0.3) is 11.5 Å². The molecule has 39 heavy (non-hydrogen) atoms. The minimum atomic E-state index is -1.64. The van der Waals surface area contributed by atoms with Crippen LogP contribution in [-0.2, 0) is 28.5 Å². The monoisotopic (exact) mass is 546 g/mol. The quantitative estimate of drug-likeness (QED) is 0.247. The SMILES string of the molecule is CO[C@H]1[C@@H](O)[C@H](n2ccc(=O)[nH]c2=O)O[C@@H]1[C@@H](O[C@H]1OC(C(=O)N[C@@H](C)c2ccccc2)=CC[C@@H]1O)C(N)=O. The van der Waals surface area contributed by atoms with Crippen molar-refractivity contribution in [2.75, 3.05) is 7.11 Å². The number of aliphatic hydroxyl groups excluding tert-OH is 2. The lowest BCUT2D eigenvalue weighted by Gasteiger charge is -2.33. The van der Waals surface area contributed by atoms with Crippen molar-refractivity contribution in [1.82, 2.24) is 14.9 Å². The zero-order chi connectivity index (χ0) is 28.3. The molecule has 14 heteroatoms. The standard InChI is InChI=1S/C25H30N4O10/c1-12(13-6-4-3-5-7-13)27-22(34)15-9-8-14(30)24(37-15)39-20(21(26)33)19-18(36-2)17(32)23(38-19)29-11-10-16(31)28-25(29)35/h3-7,9-12,14,17-20,23-24,30,32H,8H2,1-2H3,(H2,26,33)(H,27,34)(H,28,31,35)/t12-,14-,17+,18-,19-,20+,23+,24+/m0/s1. The van der Waals surface area contributed by atoms with E-state index >= 15 is 0 Å². The second kappa shape index (κ2) is 11.9. The van der Waals surface area contributed by atoms with Gasteiger partial charge in [-0.25, -0.2) is 4.79 Å². The van der Waals surface area contributed by atoms with Gasteiger partial charge in [0.05, 0.1) is 6.04 Å². The minimum absolute atomic E-state index is 0.0319. The molecule has 8 atom stereocenters. The highest BCUT2D eigenvalue weighted by atomic mass is 16.7. The summed E-state index contributed by atoms with van der Waals surface area (Å²) in [5.41, 5.74) is 4.91. The number of nitrogens with one attached hydrogen (secondary N) is 2. The number of ether oxygens (including phenoxy) is 4. The summed E-state index contributed by atoms with van der Waals surface area (Å²) in [5.74, 6) is -1.75. The lowest BCUT2D eigenvalue weighted by molar-refractivity contribution is -0.228. The number of amides is 2. The smallest absolute Gasteiger partial charge is 0.330 e. The van der Waals surface area contributed by atoms with E-state index in [1.165, 1.54) is 13.2 Å². The Kier molecular flexibility index (Phi) is 8.62. The van der Waals surface area contributed by atoms with Gasteiger partial charge < -0.3 is 40.2 Å². The van der Waals surface area contributed by atoms with Crippen molar-refractivity contribution in [3.63, 3.8) is 0 Å². The van der Waals surface area contributed by atoms with Gasteiger partial charge in [-0.2, -0.15) is 0 Å². The molecule has 0 bridgehead atoms. The molecule has 0 aliphatic carbocycles. The average molecular weight is 547 g/mol. The predicted octanol–water partition coefficient (Wildman–Crippen LogP) is -1.45. The number of carbonyl (C=O) groups excluding carboxylic acids is 2.